The number of carboxylic acid groups (broad SMARTS) is 1. The monoisotopic (exact) mass is 318 g/mol. The molecule has 1 unspecified atom stereocenters. The maximum Gasteiger partial charge on any atom is 0.347 e. The molecule has 0 fully saturated rings. The predicted octanol–water partition coefficient (Wildman–Crippen LogP) is 3.45. The second kappa shape index (κ2) is 6.70. The van der Waals surface area contributed by atoms with Crippen molar-refractivity contribution in [1.82, 2.24) is 4.98 Å². The Labute approximate surface area is 133 Å². The molecule has 0 aliphatic rings. The molecule has 6 heteroatoms. The molecule has 0 saturated carbocycles. The van der Waals surface area contributed by atoms with Crippen molar-refractivity contribution in [3.05, 3.63) is 45.4 Å². The molecule has 0 radical (unpaired) electrons. The summed E-state index contributed by atoms with van der Waals surface area (Å²) in [6, 6.07) is 7.51. The van der Waals surface area contributed by atoms with Crippen molar-refractivity contribution in [3.8, 4) is 0 Å². The molecule has 0 bridgehead atoms. The Bertz CT molecular complexity index is 709. The molecule has 1 amide bonds. The summed E-state index contributed by atoms with van der Waals surface area (Å²) in [7, 11) is 0. The largest absolute Gasteiger partial charge is 0.477 e. The van der Waals surface area contributed by atoms with E-state index < -0.39 is 11.9 Å². The van der Waals surface area contributed by atoms with Crippen LogP contribution in [0, 0.1) is 6.92 Å². The average molecular weight is 318 g/mol. The Balaban J connectivity index is 2.21. The van der Waals surface area contributed by atoms with Crippen molar-refractivity contribution >= 4 is 28.9 Å². The SMILES string of the molecule is CCc1nc(C(C)C(=O)Nc2ccccc2C)sc1C(=O)O. The molecular formula is C16H18N2O3S. The number of carbonyl (C=O) groups is 2. The van der Waals surface area contributed by atoms with Gasteiger partial charge in [0.1, 0.15) is 9.88 Å². The first-order valence-electron chi connectivity index (χ1n) is 7.03. The van der Waals surface area contributed by atoms with Gasteiger partial charge in [-0.3, -0.25) is 4.79 Å². The number of nitrogens with one attached hydrogen (secondary N) is 1. The molecule has 1 aromatic heterocycles. The molecule has 0 spiro atoms. The minimum Gasteiger partial charge on any atom is -0.477 e. The van der Waals surface area contributed by atoms with Gasteiger partial charge < -0.3 is 10.4 Å². The minimum absolute atomic E-state index is 0.192. The molecule has 2 aromatic rings. The number of para-hydroxylation sites is 1. The van der Waals surface area contributed by atoms with Crippen molar-refractivity contribution in [2.24, 2.45) is 0 Å². The van der Waals surface area contributed by atoms with Crippen LogP contribution < -0.4 is 5.32 Å². The van der Waals surface area contributed by atoms with Gasteiger partial charge in [-0.05, 0) is 31.9 Å². The van der Waals surface area contributed by atoms with Crippen LogP contribution >= 0.6 is 11.3 Å². The van der Waals surface area contributed by atoms with Gasteiger partial charge in [-0.15, -0.1) is 11.3 Å². The fourth-order valence-electron chi connectivity index (χ4n) is 2.03. The summed E-state index contributed by atoms with van der Waals surface area (Å²) in [6.45, 7) is 5.50. The Morgan fingerprint density at radius 2 is 2.05 bits per heavy atom. The number of amides is 1. The Morgan fingerprint density at radius 3 is 2.59 bits per heavy atom. The second-order valence-electron chi connectivity index (χ2n) is 5.01. The van der Waals surface area contributed by atoms with Crippen LogP contribution in [0.4, 0.5) is 5.69 Å². The van der Waals surface area contributed by atoms with E-state index in [2.05, 4.69) is 10.3 Å². The number of benzene rings is 1. The van der Waals surface area contributed by atoms with Crippen molar-refractivity contribution in [2.75, 3.05) is 5.32 Å². The quantitative estimate of drug-likeness (QED) is 0.885. The average Bonchev–Trinajstić information content (AvgIpc) is 2.93. The van der Waals surface area contributed by atoms with Gasteiger partial charge in [0, 0.05) is 5.69 Å². The summed E-state index contributed by atoms with van der Waals surface area (Å²) in [4.78, 5) is 28.1. The van der Waals surface area contributed by atoms with Crippen molar-refractivity contribution in [2.45, 2.75) is 33.1 Å². The topological polar surface area (TPSA) is 79.3 Å². The molecular weight excluding hydrogens is 300 g/mol. The zero-order valence-corrected chi connectivity index (χ0v) is 13.5. The summed E-state index contributed by atoms with van der Waals surface area (Å²) in [5.41, 5.74) is 2.26. The first-order valence-corrected chi connectivity index (χ1v) is 7.85. The fourth-order valence-corrected chi connectivity index (χ4v) is 3.07. The van der Waals surface area contributed by atoms with Gasteiger partial charge in [-0.2, -0.15) is 0 Å². The van der Waals surface area contributed by atoms with Gasteiger partial charge in [0.2, 0.25) is 5.91 Å². The van der Waals surface area contributed by atoms with E-state index in [1.165, 1.54) is 0 Å². The van der Waals surface area contributed by atoms with Crippen LogP contribution in [0.2, 0.25) is 0 Å². The zero-order chi connectivity index (χ0) is 16.3. The lowest BCUT2D eigenvalue weighted by Crippen LogP contribution is -2.19. The van der Waals surface area contributed by atoms with E-state index in [-0.39, 0.29) is 10.8 Å². The van der Waals surface area contributed by atoms with Gasteiger partial charge >= 0.3 is 5.97 Å². The number of aromatic carboxylic acids is 1. The van der Waals surface area contributed by atoms with E-state index in [1.807, 2.05) is 38.1 Å². The van der Waals surface area contributed by atoms with Gasteiger partial charge in [-0.25, -0.2) is 9.78 Å². The number of hydrogen-bond acceptors (Lipinski definition) is 4. The highest BCUT2D eigenvalue weighted by molar-refractivity contribution is 7.13. The Kier molecular flexibility index (Phi) is 4.92. The van der Waals surface area contributed by atoms with Crippen molar-refractivity contribution < 1.29 is 14.7 Å². The summed E-state index contributed by atoms with van der Waals surface area (Å²) in [6.07, 6.45) is 0.532. The predicted molar refractivity (Wildman–Crippen MR) is 86.7 cm³/mol. The van der Waals surface area contributed by atoms with Gasteiger partial charge in [0.15, 0.2) is 0 Å². The normalized spacial score (nSPS) is 12.0. The smallest absolute Gasteiger partial charge is 0.347 e. The van der Waals surface area contributed by atoms with Crippen LogP contribution in [-0.4, -0.2) is 22.0 Å². The summed E-state index contributed by atoms with van der Waals surface area (Å²) in [5.74, 6) is -1.68. The first kappa shape index (κ1) is 16.2. The number of hydrogen-bond donors (Lipinski definition) is 2. The van der Waals surface area contributed by atoms with Crippen molar-refractivity contribution in [1.29, 1.82) is 0 Å². The number of anilines is 1. The molecule has 0 aliphatic heterocycles. The molecule has 0 saturated heterocycles. The van der Waals surface area contributed by atoms with Crippen LogP contribution in [0.3, 0.4) is 0 Å². The van der Waals surface area contributed by atoms with Gasteiger partial charge in [0.05, 0.1) is 11.6 Å². The highest BCUT2D eigenvalue weighted by Gasteiger charge is 2.24. The van der Waals surface area contributed by atoms with Crippen LogP contribution in [0.25, 0.3) is 0 Å². The van der Waals surface area contributed by atoms with Crippen LogP contribution in [-0.2, 0) is 11.2 Å². The van der Waals surface area contributed by atoms with E-state index in [4.69, 9.17) is 0 Å². The lowest BCUT2D eigenvalue weighted by Gasteiger charge is -2.11. The summed E-state index contributed by atoms with van der Waals surface area (Å²) in [5, 5.41) is 12.6. The number of thiazole rings is 1. The standard InChI is InChI=1S/C16H18N2O3S/c1-4-11-13(16(20)21)22-15(18-11)10(3)14(19)17-12-8-6-5-7-9(12)2/h5-8,10H,4H2,1-3H3,(H,17,19)(H,20,21). The van der Waals surface area contributed by atoms with Crippen LogP contribution in [0.15, 0.2) is 24.3 Å². The number of nitrogens with zero attached hydrogens (tertiary/aromatic N) is 1. The molecule has 22 heavy (non-hydrogen) atoms. The Morgan fingerprint density at radius 1 is 1.36 bits per heavy atom. The third-order valence-electron chi connectivity index (χ3n) is 3.41. The molecule has 5 nitrogen and oxygen atoms in total. The molecule has 1 atom stereocenters. The van der Waals surface area contributed by atoms with E-state index >= 15 is 0 Å². The first-order chi connectivity index (χ1) is 10.4. The highest BCUT2D eigenvalue weighted by Crippen LogP contribution is 2.27. The van der Waals surface area contributed by atoms with E-state index in [1.54, 1.807) is 6.92 Å². The molecule has 1 heterocycles. The van der Waals surface area contributed by atoms with Crippen LogP contribution in [0.5, 0.6) is 0 Å². The third-order valence-corrected chi connectivity index (χ3v) is 4.68. The van der Waals surface area contributed by atoms with E-state index in [9.17, 15) is 14.7 Å². The van der Waals surface area contributed by atoms with Crippen LogP contribution in [0.1, 0.15) is 45.7 Å². The number of carboxylic acids is 1. The maximum atomic E-state index is 12.4. The lowest BCUT2D eigenvalue weighted by molar-refractivity contribution is -0.117. The van der Waals surface area contributed by atoms with Crippen molar-refractivity contribution in [3.63, 3.8) is 0 Å². The molecule has 116 valence electrons. The van der Waals surface area contributed by atoms with Gasteiger partial charge in [0.25, 0.3) is 0 Å². The molecule has 2 rings (SSSR count). The molecule has 2 N–H and O–H groups in total. The second-order valence-corrected chi connectivity index (χ2v) is 6.04. The molecule has 0 aliphatic carbocycles. The maximum absolute atomic E-state index is 12.4. The molecule has 1 aromatic carbocycles. The van der Waals surface area contributed by atoms with E-state index in [0.717, 1.165) is 22.6 Å². The minimum atomic E-state index is -0.993. The number of rotatable bonds is 5. The number of carbonyl (C=O) groups excluding carboxylic acids is 1. The zero-order valence-electron chi connectivity index (χ0n) is 12.7. The van der Waals surface area contributed by atoms with E-state index in [0.29, 0.717) is 17.1 Å². The fraction of sp³-hybridized carbons (Fsp3) is 0.312. The Hall–Kier alpha value is -2.21. The number of aryl methyl sites for hydroxylation is 2. The highest BCUT2D eigenvalue weighted by atomic mass is 32.1. The van der Waals surface area contributed by atoms with Gasteiger partial charge in [-0.1, -0.05) is 25.1 Å². The third kappa shape index (κ3) is 3.33. The summed E-state index contributed by atoms with van der Waals surface area (Å²) >= 11 is 1.07. The number of aromatic nitrogens is 1. The summed E-state index contributed by atoms with van der Waals surface area (Å²) < 4.78 is 0. The lowest BCUT2D eigenvalue weighted by atomic mass is 10.1.